The van der Waals surface area contributed by atoms with Crippen molar-refractivity contribution in [2.24, 2.45) is 0 Å². The van der Waals surface area contributed by atoms with Gasteiger partial charge in [0.25, 0.3) is 0 Å². The Balaban J connectivity index is 1.55. The van der Waals surface area contributed by atoms with Crippen molar-refractivity contribution in [3.8, 4) is 11.3 Å². The average molecular weight is 393 g/mol. The van der Waals surface area contributed by atoms with E-state index in [4.69, 9.17) is 4.42 Å². The van der Waals surface area contributed by atoms with E-state index in [0.717, 1.165) is 53.6 Å². The molecule has 0 unspecified atom stereocenters. The van der Waals surface area contributed by atoms with Gasteiger partial charge >= 0.3 is 6.03 Å². The largest absolute Gasteiger partial charge is 0.441 e. The van der Waals surface area contributed by atoms with Gasteiger partial charge in [-0.2, -0.15) is 0 Å². The number of likely N-dealkylation sites (tertiary alicyclic amines) is 1. The van der Waals surface area contributed by atoms with E-state index in [1.54, 1.807) is 11.1 Å². The number of nitrogens with one attached hydrogen (secondary N) is 1. The normalized spacial score (nSPS) is 15.6. The second kappa shape index (κ2) is 7.83. The minimum atomic E-state index is -0.120. The molecule has 152 valence electrons. The summed E-state index contributed by atoms with van der Waals surface area (Å²) in [4.78, 5) is 25.5. The summed E-state index contributed by atoms with van der Waals surface area (Å²) in [5.74, 6) is 1.92. The Kier molecular flexibility index (Phi) is 5.24. The maximum atomic E-state index is 12.7. The smallest absolute Gasteiger partial charge is 0.323 e. The first-order valence-electron chi connectivity index (χ1n) is 9.96. The Labute approximate surface area is 170 Å². The molecule has 0 spiro atoms. The van der Waals surface area contributed by atoms with Crippen LogP contribution in [0.4, 0.5) is 10.6 Å². The molecular weight excluding hydrogens is 366 g/mol. The quantitative estimate of drug-likeness (QED) is 0.726. The second-order valence-electron chi connectivity index (χ2n) is 7.90. The SMILES string of the molecule is Cc1ncc(-c2cc(C)c3cnc(NC(=O)N(C)C4CCN(C)CC4)cc3c2)o1. The van der Waals surface area contributed by atoms with Gasteiger partial charge in [0.15, 0.2) is 11.7 Å². The van der Waals surface area contributed by atoms with Crippen LogP contribution in [-0.2, 0) is 0 Å². The van der Waals surface area contributed by atoms with Gasteiger partial charge in [0, 0.05) is 37.2 Å². The number of piperidine rings is 1. The number of amides is 2. The van der Waals surface area contributed by atoms with Crippen LogP contribution in [-0.4, -0.2) is 59.0 Å². The molecule has 2 amide bonds. The summed E-state index contributed by atoms with van der Waals surface area (Å²) in [6.07, 6.45) is 5.52. The van der Waals surface area contributed by atoms with Crippen molar-refractivity contribution in [1.29, 1.82) is 0 Å². The van der Waals surface area contributed by atoms with Gasteiger partial charge in [-0.1, -0.05) is 0 Å². The number of aryl methyl sites for hydroxylation is 2. The summed E-state index contributed by atoms with van der Waals surface area (Å²) >= 11 is 0. The number of pyridine rings is 1. The Hall–Kier alpha value is -2.93. The van der Waals surface area contributed by atoms with E-state index in [1.807, 2.05) is 39.2 Å². The van der Waals surface area contributed by atoms with Crippen LogP contribution >= 0.6 is 0 Å². The van der Waals surface area contributed by atoms with Crippen LogP contribution in [0.5, 0.6) is 0 Å². The van der Waals surface area contributed by atoms with E-state index in [2.05, 4.69) is 33.3 Å². The molecule has 29 heavy (non-hydrogen) atoms. The minimum absolute atomic E-state index is 0.120. The van der Waals surface area contributed by atoms with Gasteiger partial charge in [0.1, 0.15) is 5.82 Å². The highest BCUT2D eigenvalue weighted by atomic mass is 16.4. The summed E-state index contributed by atoms with van der Waals surface area (Å²) in [6.45, 7) is 5.90. The molecule has 1 saturated heterocycles. The number of urea groups is 1. The van der Waals surface area contributed by atoms with E-state index in [-0.39, 0.29) is 12.1 Å². The molecular formula is C22H27N5O2. The highest BCUT2D eigenvalue weighted by molar-refractivity contribution is 5.94. The molecule has 1 aromatic carbocycles. The lowest BCUT2D eigenvalue weighted by molar-refractivity contribution is 0.156. The number of hydrogen-bond donors (Lipinski definition) is 1. The molecule has 4 rings (SSSR count). The molecule has 1 aliphatic heterocycles. The van der Waals surface area contributed by atoms with Crippen molar-refractivity contribution in [3.63, 3.8) is 0 Å². The molecule has 2 aromatic heterocycles. The number of anilines is 1. The molecule has 7 heteroatoms. The monoisotopic (exact) mass is 393 g/mol. The summed E-state index contributed by atoms with van der Waals surface area (Å²) in [5.41, 5.74) is 2.06. The van der Waals surface area contributed by atoms with Crippen LogP contribution in [0.15, 0.2) is 35.0 Å². The number of carbonyl (C=O) groups is 1. The highest BCUT2D eigenvalue weighted by Crippen LogP contribution is 2.29. The lowest BCUT2D eigenvalue weighted by atomic mass is 10.0. The van der Waals surface area contributed by atoms with Crippen molar-refractivity contribution >= 4 is 22.6 Å². The van der Waals surface area contributed by atoms with E-state index >= 15 is 0 Å². The van der Waals surface area contributed by atoms with Crippen LogP contribution in [0.3, 0.4) is 0 Å². The fourth-order valence-corrected chi connectivity index (χ4v) is 3.89. The Bertz CT molecular complexity index is 1040. The maximum Gasteiger partial charge on any atom is 0.323 e. The first-order valence-corrected chi connectivity index (χ1v) is 9.96. The number of aromatic nitrogens is 2. The number of benzene rings is 1. The van der Waals surface area contributed by atoms with Crippen LogP contribution in [0.2, 0.25) is 0 Å². The van der Waals surface area contributed by atoms with Gasteiger partial charge in [0.2, 0.25) is 0 Å². The molecule has 3 aromatic rings. The number of oxazole rings is 1. The number of nitrogens with zero attached hydrogens (tertiary/aromatic N) is 4. The van der Waals surface area contributed by atoms with Crippen LogP contribution in [0.25, 0.3) is 22.1 Å². The van der Waals surface area contributed by atoms with Crippen LogP contribution < -0.4 is 5.32 Å². The van der Waals surface area contributed by atoms with Gasteiger partial charge in [-0.05, 0) is 69.1 Å². The molecule has 0 aliphatic carbocycles. The molecule has 1 aliphatic rings. The van der Waals surface area contributed by atoms with Crippen molar-refractivity contribution < 1.29 is 9.21 Å². The Morgan fingerprint density at radius 3 is 2.62 bits per heavy atom. The summed E-state index contributed by atoms with van der Waals surface area (Å²) in [6, 6.07) is 6.16. The number of fused-ring (bicyclic) bond motifs is 1. The lowest BCUT2D eigenvalue weighted by Crippen LogP contribution is -2.46. The third-order valence-corrected chi connectivity index (χ3v) is 5.74. The number of hydrogen-bond acceptors (Lipinski definition) is 5. The van der Waals surface area contributed by atoms with Crippen molar-refractivity contribution in [1.82, 2.24) is 19.8 Å². The lowest BCUT2D eigenvalue weighted by Gasteiger charge is -2.34. The third-order valence-electron chi connectivity index (χ3n) is 5.74. The standard InChI is InChI=1S/C22H27N5O2/c1-14-9-17(20-13-23-15(2)29-20)10-16-11-21(24-12-19(14)16)25-22(28)27(4)18-5-7-26(3)8-6-18/h9-13,18H,5-8H2,1-4H3,(H,24,25,28). The summed E-state index contributed by atoms with van der Waals surface area (Å²) < 4.78 is 5.67. The third kappa shape index (κ3) is 4.10. The molecule has 1 fully saturated rings. The first-order chi connectivity index (χ1) is 13.9. The predicted molar refractivity (Wildman–Crippen MR) is 114 cm³/mol. The van der Waals surface area contributed by atoms with Gasteiger partial charge < -0.3 is 14.2 Å². The molecule has 7 nitrogen and oxygen atoms in total. The zero-order chi connectivity index (χ0) is 20.5. The van der Waals surface area contributed by atoms with Gasteiger partial charge in [-0.3, -0.25) is 5.32 Å². The fourth-order valence-electron chi connectivity index (χ4n) is 3.89. The fraction of sp³-hybridized carbons (Fsp3) is 0.409. The first kappa shape index (κ1) is 19.4. The van der Waals surface area contributed by atoms with Crippen molar-refractivity contribution in [2.45, 2.75) is 32.7 Å². The average Bonchev–Trinajstić information content (AvgIpc) is 3.14. The van der Waals surface area contributed by atoms with Crippen LogP contribution in [0.1, 0.15) is 24.3 Å². The van der Waals surface area contributed by atoms with Gasteiger partial charge in [-0.25, -0.2) is 14.8 Å². The Morgan fingerprint density at radius 2 is 1.93 bits per heavy atom. The zero-order valence-corrected chi connectivity index (χ0v) is 17.4. The summed E-state index contributed by atoms with van der Waals surface area (Å²) in [7, 11) is 3.98. The summed E-state index contributed by atoms with van der Waals surface area (Å²) in [5, 5.41) is 5.00. The number of rotatable bonds is 3. The molecule has 3 heterocycles. The maximum absolute atomic E-state index is 12.7. The van der Waals surface area contributed by atoms with Crippen LogP contribution in [0, 0.1) is 13.8 Å². The van der Waals surface area contributed by atoms with E-state index in [9.17, 15) is 4.79 Å². The Morgan fingerprint density at radius 1 is 1.17 bits per heavy atom. The zero-order valence-electron chi connectivity index (χ0n) is 17.4. The van der Waals surface area contributed by atoms with E-state index < -0.39 is 0 Å². The van der Waals surface area contributed by atoms with Crippen molar-refractivity contribution in [3.05, 3.63) is 42.0 Å². The molecule has 1 N–H and O–H groups in total. The minimum Gasteiger partial charge on any atom is -0.441 e. The van der Waals surface area contributed by atoms with Gasteiger partial charge in [-0.15, -0.1) is 0 Å². The number of carbonyl (C=O) groups excluding carboxylic acids is 1. The second-order valence-corrected chi connectivity index (χ2v) is 7.90. The van der Waals surface area contributed by atoms with E-state index in [1.165, 1.54) is 0 Å². The molecule has 0 atom stereocenters. The van der Waals surface area contributed by atoms with E-state index in [0.29, 0.717) is 11.7 Å². The topological polar surface area (TPSA) is 74.5 Å². The van der Waals surface area contributed by atoms with Gasteiger partial charge in [0.05, 0.1) is 6.20 Å². The van der Waals surface area contributed by atoms with Crippen molar-refractivity contribution in [2.75, 3.05) is 32.5 Å². The predicted octanol–water partition coefficient (Wildman–Crippen LogP) is 4.06. The molecule has 0 bridgehead atoms. The molecule has 0 saturated carbocycles. The highest BCUT2D eigenvalue weighted by Gasteiger charge is 2.24. The molecule has 0 radical (unpaired) electrons.